The molecule has 0 bridgehead atoms. The van der Waals surface area contributed by atoms with Crippen molar-refractivity contribution in [2.75, 3.05) is 0 Å². The largest absolute Gasteiger partial charge is 0.392 e. The fraction of sp³-hybridized carbons (Fsp3) is 0.571. The van der Waals surface area contributed by atoms with Crippen molar-refractivity contribution in [1.29, 1.82) is 0 Å². The minimum atomic E-state index is -0.204. The summed E-state index contributed by atoms with van der Waals surface area (Å²) in [5.41, 5.74) is 2.84. The predicted octanol–water partition coefficient (Wildman–Crippen LogP) is 2.81. The molecule has 1 aliphatic rings. The Bertz CT molecular complexity index is 324. The highest BCUT2D eigenvalue weighted by molar-refractivity contribution is 5.32. The lowest BCUT2D eigenvalue weighted by Crippen LogP contribution is -2.34. The van der Waals surface area contributed by atoms with E-state index in [2.05, 4.69) is 45.0 Å². The van der Waals surface area contributed by atoms with Crippen molar-refractivity contribution < 1.29 is 5.11 Å². The lowest BCUT2D eigenvalue weighted by Gasteiger charge is -2.30. The molecule has 15 heavy (non-hydrogen) atoms. The first-order chi connectivity index (χ1) is 6.98. The highest BCUT2D eigenvalue weighted by atomic mass is 16.3. The molecule has 1 aromatic carbocycles. The number of aliphatic hydroxyl groups excluding tert-OH is 1. The second-order valence-corrected chi connectivity index (χ2v) is 5.75. The summed E-state index contributed by atoms with van der Waals surface area (Å²) in [5, 5.41) is 10.3. The van der Waals surface area contributed by atoms with Crippen LogP contribution in [0.25, 0.3) is 0 Å². The van der Waals surface area contributed by atoms with Crippen LogP contribution in [-0.4, -0.2) is 11.2 Å². The zero-order valence-electron chi connectivity index (χ0n) is 9.83. The smallest absolute Gasteiger partial charge is 0.0622 e. The van der Waals surface area contributed by atoms with Gasteiger partial charge in [-0.2, -0.15) is 0 Å². The minimum absolute atomic E-state index is 0.00723. The van der Waals surface area contributed by atoms with Gasteiger partial charge >= 0.3 is 0 Å². The van der Waals surface area contributed by atoms with Gasteiger partial charge in [0.05, 0.1) is 6.10 Å². The summed E-state index contributed by atoms with van der Waals surface area (Å²) in [6, 6.07) is 8.55. The van der Waals surface area contributed by atoms with Gasteiger partial charge in [-0.1, -0.05) is 45.0 Å². The lowest BCUT2D eigenvalue weighted by molar-refractivity contribution is 0.0152. The molecule has 0 amide bonds. The minimum Gasteiger partial charge on any atom is -0.392 e. The average molecular weight is 204 g/mol. The molecule has 1 atom stereocenters. The van der Waals surface area contributed by atoms with E-state index in [4.69, 9.17) is 0 Å². The summed E-state index contributed by atoms with van der Waals surface area (Å²) in [6.45, 7) is 6.34. The van der Waals surface area contributed by atoms with Gasteiger partial charge < -0.3 is 5.11 Å². The molecule has 0 saturated carbocycles. The highest BCUT2D eigenvalue weighted by Crippen LogP contribution is 2.35. The Balaban J connectivity index is 2.14. The van der Waals surface area contributed by atoms with Crippen LogP contribution in [0.2, 0.25) is 0 Å². The first kappa shape index (κ1) is 10.7. The molecule has 1 aromatic rings. The number of aliphatic hydroxyl groups is 1. The van der Waals surface area contributed by atoms with E-state index in [9.17, 15) is 5.11 Å². The van der Waals surface area contributed by atoms with Crippen molar-refractivity contribution in [3.8, 4) is 0 Å². The highest BCUT2D eigenvalue weighted by Gasteiger charge is 2.34. The van der Waals surface area contributed by atoms with Crippen LogP contribution in [-0.2, 0) is 12.8 Å². The SMILES string of the molecule is CC(C)(C)C(O)C1Cc2ccccc2C1. The predicted molar refractivity (Wildman–Crippen MR) is 62.8 cm³/mol. The van der Waals surface area contributed by atoms with Gasteiger partial charge in [0.15, 0.2) is 0 Å². The van der Waals surface area contributed by atoms with Gasteiger partial charge in [-0.3, -0.25) is 0 Å². The van der Waals surface area contributed by atoms with E-state index in [1.807, 2.05) is 0 Å². The molecule has 0 radical (unpaired) electrons. The second-order valence-electron chi connectivity index (χ2n) is 5.75. The van der Waals surface area contributed by atoms with E-state index in [0.717, 1.165) is 12.8 Å². The molecule has 0 spiro atoms. The van der Waals surface area contributed by atoms with Gasteiger partial charge in [-0.25, -0.2) is 0 Å². The quantitative estimate of drug-likeness (QED) is 0.745. The molecule has 1 nitrogen and oxygen atoms in total. The average Bonchev–Trinajstić information content (AvgIpc) is 2.58. The van der Waals surface area contributed by atoms with Crippen molar-refractivity contribution in [1.82, 2.24) is 0 Å². The molecule has 0 heterocycles. The Kier molecular flexibility index (Phi) is 2.59. The Morgan fingerprint density at radius 2 is 1.60 bits per heavy atom. The normalized spacial score (nSPS) is 18.9. The van der Waals surface area contributed by atoms with Gasteiger partial charge in [0.1, 0.15) is 0 Å². The van der Waals surface area contributed by atoms with Crippen molar-refractivity contribution in [2.45, 2.75) is 39.7 Å². The zero-order chi connectivity index (χ0) is 11.1. The first-order valence-electron chi connectivity index (χ1n) is 5.73. The summed E-state index contributed by atoms with van der Waals surface area (Å²) in [6.07, 6.45) is 1.87. The van der Waals surface area contributed by atoms with Crippen LogP contribution in [0.5, 0.6) is 0 Å². The summed E-state index contributed by atoms with van der Waals surface area (Å²) in [5.74, 6) is 0.405. The van der Waals surface area contributed by atoms with E-state index in [1.54, 1.807) is 0 Å². The van der Waals surface area contributed by atoms with Gasteiger partial charge in [0.2, 0.25) is 0 Å². The van der Waals surface area contributed by atoms with E-state index < -0.39 is 0 Å². The molecule has 1 aliphatic carbocycles. The van der Waals surface area contributed by atoms with Crippen LogP contribution in [0.15, 0.2) is 24.3 Å². The molecule has 82 valence electrons. The molecule has 0 fully saturated rings. The third-order valence-corrected chi connectivity index (χ3v) is 3.42. The third kappa shape index (κ3) is 2.07. The summed E-state index contributed by atoms with van der Waals surface area (Å²) >= 11 is 0. The monoisotopic (exact) mass is 204 g/mol. The number of fused-ring (bicyclic) bond motifs is 1. The Morgan fingerprint density at radius 3 is 2.00 bits per heavy atom. The van der Waals surface area contributed by atoms with Crippen LogP contribution >= 0.6 is 0 Å². The number of benzene rings is 1. The van der Waals surface area contributed by atoms with Crippen LogP contribution in [0.1, 0.15) is 31.9 Å². The van der Waals surface area contributed by atoms with Crippen LogP contribution in [0.3, 0.4) is 0 Å². The van der Waals surface area contributed by atoms with Crippen LogP contribution < -0.4 is 0 Å². The summed E-state index contributed by atoms with van der Waals surface area (Å²) < 4.78 is 0. The molecule has 1 N–H and O–H groups in total. The Hall–Kier alpha value is -0.820. The van der Waals surface area contributed by atoms with Crippen molar-refractivity contribution in [2.24, 2.45) is 11.3 Å². The molecule has 2 rings (SSSR count). The van der Waals surface area contributed by atoms with E-state index >= 15 is 0 Å². The first-order valence-corrected chi connectivity index (χ1v) is 5.73. The van der Waals surface area contributed by atoms with Crippen molar-refractivity contribution >= 4 is 0 Å². The number of rotatable bonds is 1. The van der Waals surface area contributed by atoms with Gasteiger partial charge in [0, 0.05) is 0 Å². The summed E-state index contributed by atoms with van der Waals surface area (Å²) in [7, 11) is 0. The summed E-state index contributed by atoms with van der Waals surface area (Å²) in [4.78, 5) is 0. The van der Waals surface area contributed by atoms with Crippen LogP contribution in [0.4, 0.5) is 0 Å². The maximum Gasteiger partial charge on any atom is 0.0622 e. The molecular weight excluding hydrogens is 184 g/mol. The molecule has 0 saturated heterocycles. The standard InChI is InChI=1S/C14H20O/c1-14(2,3)13(15)12-8-10-6-4-5-7-11(10)9-12/h4-7,12-13,15H,8-9H2,1-3H3. The van der Waals surface area contributed by atoms with Gasteiger partial charge in [-0.05, 0) is 35.3 Å². The molecule has 0 aliphatic heterocycles. The van der Waals surface area contributed by atoms with Crippen LogP contribution in [0, 0.1) is 11.3 Å². The maximum atomic E-state index is 10.3. The van der Waals surface area contributed by atoms with E-state index in [-0.39, 0.29) is 11.5 Å². The fourth-order valence-electron chi connectivity index (χ4n) is 2.52. The van der Waals surface area contributed by atoms with Gasteiger partial charge in [-0.15, -0.1) is 0 Å². The van der Waals surface area contributed by atoms with E-state index in [1.165, 1.54) is 11.1 Å². The topological polar surface area (TPSA) is 20.2 Å². The van der Waals surface area contributed by atoms with Crippen molar-refractivity contribution in [3.63, 3.8) is 0 Å². The Morgan fingerprint density at radius 1 is 1.13 bits per heavy atom. The molecule has 1 unspecified atom stereocenters. The number of hydrogen-bond acceptors (Lipinski definition) is 1. The Labute approximate surface area is 92.1 Å². The fourth-order valence-corrected chi connectivity index (χ4v) is 2.52. The van der Waals surface area contributed by atoms with Gasteiger partial charge in [0.25, 0.3) is 0 Å². The number of hydrogen-bond donors (Lipinski definition) is 1. The zero-order valence-corrected chi connectivity index (χ0v) is 9.83. The second kappa shape index (κ2) is 3.64. The molecule has 0 aromatic heterocycles. The van der Waals surface area contributed by atoms with Crippen molar-refractivity contribution in [3.05, 3.63) is 35.4 Å². The molecular formula is C14H20O. The lowest BCUT2D eigenvalue weighted by atomic mass is 9.80. The van der Waals surface area contributed by atoms with E-state index in [0.29, 0.717) is 5.92 Å². The third-order valence-electron chi connectivity index (χ3n) is 3.42. The molecule has 1 heteroatoms. The maximum absolute atomic E-state index is 10.3.